The Morgan fingerprint density at radius 2 is 1.88 bits per heavy atom. The second-order valence-electron chi connectivity index (χ2n) is 8.52. The minimum atomic E-state index is -0.354. The SMILES string of the molecule is COc1ccc(C(C)(C)C)cc1NC(=O)Cn1cnc2c(cnn2-c2ccccc2)c1=O. The molecule has 0 aliphatic carbocycles. The molecule has 0 saturated carbocycles. The van der Waals surface area contributed by atoms with Crippen LogP contribution in [0.3, 0.4) is 0 Å². The van der Waals surface area contributed by atoms with Gasteiger partial charge in [0.15, 0.2) is 5.65 Å². The van der Waals surface area contributed by atoms with Gasteiger partial charge < -0.3 is 10.1 Å². The van der Waals surface area contributed by atoms with E-state index < -0.39 is 0 Å². The highest BCUT2D eigenvalue weighted by molar-refractivity contribution is 5.92. The van der Waals surface area contributed by atoms with Crippen molar-refractivity contribution in [1.82, 2.24) is 19.3 Å². The second kappa shape index (κ2) is 8.30. The first-order valence-electron chi connectivity index (χ1n) is 10.2. The molecule has 164 valence electrons. The molecule has 0 saturated heterocycles. The number of rotatable bonds is 5. The van der Waals surface area contributed by atoms with Crippen LogP contribution in [0.5, 0.6) is 5.75 Å². The highest BCUT2D eigenvalue weighted by atomic mass is 16.5. The lowest BCUT2D eigenvalue weighted by atomic mass is 9.87. The summed E-state index contributed by atoms with van der Waals surface area (Å²) in [5.41, 5.74) is 2.44. The molecule has 2 heterocycles. The first-order chi connectivity index (χ1) is 15.3. The van der Waals surface area contributed by atoms with Gasteiger partial charge in [0.1, 0.15) is 24.0 Å². The standard InChI is InChI=1S/C24H25N5O3/c1-24(2,3)16-10-11-20(32-4)19(12-16)27-21(30)14-28-15-25-22-18(23(28)31)13-26-29(22)17-8-6-5-7-9-17/h5-13,15H,14H2,1-4H3,(H,27,30). The van der Waals surface area contributed by atoms with Gasteiger partial charge in [-0.2, -0.15) is 5.10 Å². The van der Waals surface area contributed by atoms with Gasteiger partial charge in [0.25, 0.3) is 5.56 Å². The van der Waals surface area contributed by atoms with Crippen LogP contribution in [0.4, 0.5) is 5.69 Å². The van der Waals surface area contributed by atoms with Gasteiger partial charge in [-0.15, -0.1) is 0 Å². The minimum Gasteiger partial charge on any atom is -0.495 e. The van der Waals surface area contributed by atoms with E-state index in [0.29, 0.717) is 22.5 Å². The van der Waals surface area contributed by atoms with Crippen molar-refractivity contribution < 1.29 is 9.53 Å². The maximum atomic E-state index is 12.9. The molecule has 0 spiro atoms. The van der Waals surface area contributed by atoms with Crippen LogP contribution < -0.4 is 15.6 Å². The van der Waals surface area contributed by atoms with E-state index >= 15 is 0 Å². The summed E-state index contributed by atoms with van der Waals surface area (Å²) in [5, 5.41) is 7.49. The summed E-state index contributed by atoms with van der Waals surface area (Å²) in [6, 6.07) is 15.1. The van der Waals surface area contributed by atoms with Crippen molar-refractivity contribution in [1.29, 1.82) is 0 Å². The van der Waals surface area contributed by atoms with Crippen LogP contribution in [-0.2, 0) is 16.8 Å². The number of amides is 1. The highest BCUT2D eigenvalue weighted by Gasteiger charge is 2.18. The molecule has 0 bridgehead atoms. The van der Waals surface area contributed by atoms with Gasteiger partial charge in [-0.05, 0) is 35.2 Å². The molecule has 4 rings (SSSR count). The Balaban J connectivity index is 1.60. The minimum absolute atomic E-state index is 0.0868. The van der Waals surface area contributed by atoms with E-state index in [1.807, 2.05) is 48.5 Å². The van der Waals surface area contributed by atoms with Gasteiger partial charge >= 0.3 is 0 Å². The van der Waals surface area contributed by atoms with E-state index in [0.717, 1.165) is 11.3 Å². The van der Waals surface area contributed by atoms with Crippen LogP contribution in [0.15, 0.2) is 65.8 Å². The summed E-state index contributed by atoms with van der Waals surface area (Å²) < 4.78 is 8.26. The van der Waals surface area contributed by atoms with Gasteiger partial charge in [0, 0.05) is 0 Å². The molecule has 0 aliphatic rings. The molecule has 2 aromatic carbocycles. The highest BCUT2D eigenvalue weighted by Crippen LogP contribution is 2.31. The van der Waals surface area contributed by atoms with Gasteiger partial charge in [-0.3, -0.25) is 14.2 Å². The van der Waals surface area contributed by atoms with Crippen LogP contribution >= 0.6 is 0 Å². The predicted molar refractivity (Wildman–Crippen MR) is 123 cm³/mol. The Morgan fingerprint density at radius 1 is 1.12 bits per heavy atom. The number of nitrogens with zero attached hydrogens (tertiary/aromatic N) is 4. The van der Waals surface area contributed by atoms with E-state index in [1.165, 1.54) is 17.1 Å². The van der Waals surface area contributed by atoms with E-state index in [4.69, 9.17) is 4.74 Å². The number of carbonyl (C=O) groups excluding carboxylic acids is 1. The van der Waals surface area contributed by atoms with Crippen molar-refractivity contribution >= 4 is 22.6 Å². The second-order valence-corrected chi connectivity index (χ2v) is 8.52. The zero-order valence-corrected chi connectivity index (χ0v) is 18.5. The lowest BCUT2D eigenvalue weighted by molar-refractivity contribution is -0.116. The molecular formula is C24H25N5O3. The van der Waals surface area contributed by atoms with Crippen molar-refractivity contribution in [2.24, 2.45) is 0 Å². The number of anilines is 1. The molecule has 2 aromatic heterocycles. The quantitative estimate of drug-likeness (QED) is 0.522. The number of ether oxygens (including phenoxy) is 1. The monoisotopic (exact) mass is 431 g/mol. The third kappa shape index (κ3) is 4.12. The summed E-state index contributed by atoms with van der Waals surface area (Å²) in [6.45, 7) is 6.10. The maximum absolute atomic E-state index is 12.9. The Kier molecular flexibility index (Phi) is 5.52. The molecule has 0 aliphatic heterocycles. The number of methoxy groups -OCH3 is 1. The van der Waals surface area contributed by atoms with E-state index in [-0.39, 0.29) is 23.4 Å². The van der Waals surface area contributed by atoms with Crippen LogP contribution in [0.2, 0.25) is 0 Å². The Morgan fingerprint density at radius 3 is 2.56 bits per heavy atom. The number of hydrogen-bond donors (Lipinski definition) is 1. The molecule has 4 aromatic rings. The van der Waals surface area contributed by atoms with Crippen LogP contribution in [0.1, 0.15) is 26.3 Å². The molecular weight excluding hydrogens is 406 g/mol. The van der Waals surface area contributed by atoms with Gasteiger partial charge in [-0.25, -0.2) is 9.67 Å². The Labute approximate surface area is 185 Å². The van der Waals surface area contributed by atoms with Gasteiger partial charge in [0.05, 0.1) is 24.7 Å². The molecule has 0 atom stereocenters. The van der Waals surface area contributed by atoms with Crippen LogP contribution in [0, 0.1) is 0 Å². The number of fused-ring (bicyclic) bond motifs is 1. The zero-order chi connectivity index (χ0) is 22.9. The van der Waals surface area contributed by atoms with Crippen molar-refractivity contribution in [3.05, 3.63) is 77.0 Å². The fraction of sp³-hybridized carbons (Fsp3) is 0.250. The first-order valence-corrected chi connectivity index (χ1v) is 10.2. The summed E-state index contributed by atoms with van der Waals surface area (Å²) in [7, 11) is 1.55. The number of benzene rings is 2. The van der Waals surface area contributed by atoms with E-state index in [9.17, 15) is 9.59 Å². The average molecular weight is 431 g/mol. The van der Waals surface area contributed by atoms with Crippen molar-refractivity contribution in [2.45, 2.75) is 32.7 Å². The topological polar surface area (TPSA) is 91.0 Å². The summed E-state index contributed by atoms with van der Waals surface area (Å²) >= 11 is 0. The Hall–Kier alpha value is -3.94. The summed E-state index contributed by atoms with van der Waals surface area (Å²) in [4.78, 5) is 30.1. The van der Waals surface area contributed by atoms with Crippen molar-refractivity contribution in [3.8, 4) is 11.4 Å². The van der Waals surface area contributed by atoms with Crippen molar-refractivity contribution in [2.75, 3.05) is 12.4 Å². The maximum Gasteiger partial charge on any atom is 0.264 e. The summed E-state index contributed by atoms with van der Waals surface area (Å²) in [5.74, 6) is 0.199. The largest absolute Gasteiger partial charge is 0.495 e. The third-order valence-electron chi connectivity index (χ3n) is 5.21. The number of carbonyl (C=O) groups is 1. The summed E-state index contributed by atoms with van der Waals surface area (Å²) in [6.07, 6.45) is 2.84. The third-order valence-corrected chi connectivity index (χ3v) is 5.21. The fourth-order valence-electron chi connectivity index (χ4n) is 3.44. The van der Waals surface area contributed by atoms with Crippen molar-refractivity contribution in [3.63, 3.8) is 0 Å². The molecule has 8 nitrogen and oxygen atoms in total. The first kappa shape index (κ1) is 21.3. The number of nitrogens with one attached hydrogen (secondary N) is 1. The number of hydrogen-bond acceptors (Lipinski definition) is 5. The molecule has 0 fully saturated rings. The lowest BCUT2D eigenvalue weighted by Gasteiger charge is -2.21. The molecule has 1 N–H and O–H groups in total. The molecule has 1 amide bonds. The average Bonchev–Trinajstić information content (AvgIpc) is 3.20. The number of aromatic nitrogens is 4. The van der Waals surface area contributed by atoms with E-state index in [1.54, 1.807) is 11.8 Å². The van der Waals surface area contributed by atoms with Gasteiger partial charge in [-0.1, -0.05) is 45.0 Å². The molecule has 0 radical (unpaired) electrons. The fourth-order valence-corrected chi connectivity index (χ4v) is 3.44. The Bertz CT molecular complexity index is 1330. The predicted octanol–water partition coefficient (Wildman–Crippen LogP) is 3.53. The van der Waals surface area contributed by atoms with Crippen LogP contribution in [0.25, 0.3) is 16.7 Å². The van der Waals surface area contributed by atoms with Gasteiger partial charge in [0.2, 0.25) is 5.91 Å². The molecule has 8 heteroatoms. The van der Waals surface area contributed by atoms with Crippen LogP contribution in [-0.4, -0.2) is 32.3 Å². The number of para-hydroxylation sites is 1. The molecule has 0 unspecified atom stereocenters. The zero-order valence-electron chi connectivity index (χ0n) is 18.5. The van der Waals surface area contributed by atoms with E-state index in [2.05, 4.69) is 36.2 Å². The lowest BCUT2D eigenvalue weighted by Crippen LogP contribution is -2.28. The molecule has 32 heavy (non-hydrogen) atoms. The smallest absolute Gasteiger partial charge is 0.264 e. The normalized spacial score (nSPS) is 11.5.